The summed E-state index contributed by atoms with van der Waals surface area (Å²) in [6, 6.07) is 62.1. The van der Waals surface area contributed by atoms with E-state index in [-0.39, 0.29) is 0 Å². The fraction of sp³-hybridized carbons (Fsp3) is 0. The summed E-state index contributed by atoms with van der Waals surface area (Å²) in [5.41, 5.74) is 4.47. The van der Waals surface area contributed by atoms with E-state index in [2.05, 4.69) is 176 Å². The SMILES string of the molecule is c1ccc2cc(-c3nc(-c4cc5ccccc5c5ccccc45)nc(-c4cc5ccc6ccccc6c5c5oc6ccc7ccccc7c6c45)n3)ccc2c1. The van der Waals surface area contributed by atoms with Gasteiger partial charge in [-0.15, -0.1) is 0 Å². The smallest absolute Gasteiger partial charge is 0.164 e. The van der Waals surface area contributed by atoms with Crippen LogP contribution in [0.2, 0.25) is 0 Å². The highest BCUT2D eigenvalue weighted by atomic mass is 16.3. The highest BCUT2D eigenvalue weighted by Crippen LogP contribution is 2.45. The van der Waals surface area contributed by atoms with Gasteiger partial charge in [0, 0.05) is 32.8 Å². The van der Waals surface area contributed by atoms with Gasteiger partial charge in [0.05, 0.1) is 0 Å². The molecule has 0 fully saturated rings. The minimum atomic E-state index is 0.598. The lowest BCUT2D eigenvalue weighted by molar-refractivity contribution is 0.673. The second-order valence-corrected chi connectivity index (χ2v) is 14.3. The van der Waals surface area contributed by atoms with Crippen LogP contribution in [0.1, 0.15) is 0 Å². The maximum Gasteiger partial charge on any atom is 0.164 e. The number of aromatic nitrogens is 3. The van der Waals surface area contributed by atoms with Crippen LogP contribution < -0.4 is 0 Å². The molecule has 12 aromatic rings. The molecule has 2 aromatic heterocycles. The first kappa shape index (κ1) is 30.1. The van der Waals surface area contributed by atoms with E-state index >= 15 is 0 Å². The van der Waals surface area contributed by atoms with Gasteiger partial charge in [-0.2, -0.15) is 0 Å². The minimum absolute atomic E-state index is 0.598. The molecule has 0 spiro atoms. The second kappa shape index (κ2) is 11.5. The molecule has 4 nitrogen and oxygen atoms in total. The molecule has 0 radical (unpaired) electrons. The Morgan fingerprint density at radius 1 is 0.309 bits per heavy atom. The predicted molar refractivity (Wildman–Crippen MR) is 228 cm³/mol. The number of nitrogens with zero attached hydrogens (tertiary/aromatic N) is 3. The van der Waals surface area contributed by atoms with Gasteiger partial charge >= 0.3 is 0 Å². The number of furan rings is 1. The zero-order valence-corrected chi connectivity index (χ0v) is 29.5. The molecule has 10 aromatic carbocycles. The van der Waals surface area contributed by atoms with Gasteiger partial charge in [0.25, 0.3) is 0 Å². The molecule has 0 aliphatic carbocycles. The Morgan fingerprint density at radius 2 is 0.836 bits per heavy atom. The Hall–Kier alpha value is -7.43. The summed E-state index contributed by atoms with van der Waals surface area (Å²) in [6.45, 7) is 0. The third-order valence-electron chi connectivity index (χ3n) is 11.2. The van der Waals surface area contributed by atoms with E-state index in [0.29, 0.717) is 17.5 Å². The van der Waals surface area contributed by atoms with E-state index in [1.165, 1.54) is 16.2 Å². The largest absolute Gasteiger partial charge is 0.455 e. The van der Waals surface area contributed by atoms with Gasteiger partial charge in [-0.1, -0.05) is 152 Å². The van der Waals surface area contributed by atoms with Gasteiger partial charge in [0.2, 0.25) is 0 Å². The van der Waals surface area contributed by atoms with E-state index in [1.807, 2.05) is 0 Å². The lowest BCUT2D eigenvalue weighted by Gasteiger charge is -2.14. The summed E-state index contributed by atoms with van der Waals surface area (Å²) in [5, 5.41) is 15.7. The van der Waals surface area contributed by atoms with Crippen LogP contribution in [0.3, 0.4) is 0 Å². The van der Waals surface area contributed by atoms with E-state index in [0.717, 1.165) is 87.1 Å². The highest BCUT2D eigenvalue weighted by Gasteiger charge is 2.23. The molecular weight excluding hydrogens is 671 g/mol. The maximum atomic E-state index is 6.96. The van der Waals surface area contributed by atoms with Crippen molar-refractivity contribution in [3.8, 4) is 34.2 Å². The summed E-state index contributed by atoms with van der Waals surface area (Å²) >= 11 is 0. The first-order chi connectivity index (χ1) is 27.2. The Balaban J connectivity index is 1.24. The lowest BCUT2D eigenvalue weighted by atomic mass is 9.94. The topological polar surface area (TPSA) is 51.8 Å². The standard InChI is InChI=1S/C51H29N3O/c1-2-14-33-27-36(24-21-30(33)11-1)49-52-50(42-28-34-15-5-6-16-37(34)40-19-9-10-20-41(40)42)54-51(53-49)43-29-35-23-22-31-12-3-7-17-38(31)45(35)48-47(43)46-39-18-8-4-13-32(39)25-26-44(46)55-48/h1-29H. The van der Waals surface area contributed by atoms with Crippen LogP contribution in [-0.4, -0.2) is 15.0 Å². The van der Waals surface area contributed by atoms with Crippen molar-refractivity contribution in [2.24, 2.45) is 0 Å². The number of hydrogen-bond acceptors (Lipinski definition) is 4. The second-order valence-electron chi connectivity index (χ2n) is 14.3. The van der Waals surface area contributed by atoms with E-state index in [4.69, 9.17) is 19.4 Å². The van der Waals surface area contributed by atoms with Gasteiger partial charge < -0.3 is 4.42 Å². The van der Waals surface area contributed by atoms with Crippen molar-refractivity contribution in [1.29, 1.82) is 0 Å². The van der Waals surface area contributed by atoms with Crippen LogP contribution >= 0.6 is 0 Å². The summed E-state index contributed by atoms with van der Waals surface area (Å²) < 4.78 is 6.96. The van der Waals surface area contributed by atoms with Crippen molar-refractivity contribution in [3.63, 3.8) is 0 Å². The van der Waals surface area contributed by atoms with Crippen molar-refractivity contribution in [1.82, 2.24) is 15.0 Å². The quantitative estimate of drug-likeness (QED) is 0.172. The number of hydrogen-bond donors (Lipinski definition) is 0. The normalized spacial score (nSPS) is 12.0. The van der Waals surface area contributed by atoms with Crippen LogP contribution in [0.25, 0.3) is 121 Å². The monoisotopic (exact) mass is 699 g/mol. The highest BCUT2D eigenvalue weighted by molar-refractivity contribution is 6.30. The van der Waals surface area contributed by atoms with Crippen LogP contribution in [0.4, 0.5) is 0 Å². The lowest BCUT2D eigenvalue weighted by Crippen LogP contribution is -2.01. The maximum absolute atomic E-state index is 6.96. The van der Waals surface area contributed by atoms with Crippen LogP contribution in [0, 0.1) is 0 Å². The molecular formula is C51H29N3O. The van der Waals surface area contributed by atoms with E-state index in [1.54, 1.807) is 0 Å². The van der Waals surface area contributed by atoms with Gasteiger partial charge in [0.15, 0.2) is 17.5 Å². The van der Waals surface area contributed by atoms with Crippen molar-refractivity contribution in [3.05, 3.63) is 176 Å². The third-order valence-corrected chi connectivity index (χ3v) is 11.2. The molecule has 4 heteroatoms. The Morgan fingerprint density at radius 3 is 1.62 bits per heavy atom. The molecule has 55 heavy (non-hydrogen) atoms. The van der Waals surface area contributed by atoms with E-state index in [9.17, 15) is 0 Å². The molecule has 0 bridgehead atoms. The summed E-state index contributed by atoms with van der Waals surface area (Å²) in [7, 11) is 0. The number of fused-ring (bicyclic) bond motifs is 13. The zero-order valence-electron chi connectivity index (χ0n) is 29.5. The van der Waals surface area contributed by atoms with Crippen LogP contribution in [-0.2, 0) is 0 Å². The first-order valence-corrected chi connectivity index (χ1v) is 18.6. The van der Waals surface area contributed by atoms with Crippen LogP contribution in [0.15, 0.2) is 180 Å². The fourth-order valence-electron chi connectivity index (χ4n) is 8.68. The number of rotatable bonds is 3. The summed E-state index contributed by atoms with van der Waals surface area (Å²) in [4.78, 5) is 16.1. The molecule has 0 aliphatic heterocycles. The number of benzene rings is 10. The summed E-state index contributed by atoms with van der Waals surface area (Å²) in [6.07, 6.45) is 0. The Kier molecular flexibility index (Phi) is 6.31. The molecule has 0 amide bonds. The molecule has 2 heterocycles. The van der Waals surface area contributed by atoms with Gasteiger partial charge in [0.1, 0.15) is 11.2 Å². The van der Waals surface area contributed by atoms with Crippen LogP contribution in [0.5, 0.6) is 0 Å². The molecule has 0 atom stereocenters. The van der Waals surface area contributed by atoms with Gasteiger partial charge in [-0.05, 0) is 83.5 Å². The van der Waals surface area contributed by atoms with Crippen molar-refractivity contribution in [2.45, 2.75) is 0 Å². The van der Waals surface area contributed by atoms with Crippen molar-refractivity contribution >= 4 is 86.6 Å². The average Bonchev–Trinajstić information content (AvgIpc) is 3.66. The Bertz CT molecular complexity index is 3560. The first-order valence-electron chi connectivity index (χ1n) is 18.6. The minimum Gasteiger partial charge on any atom is -0.455 e. The molecule has 0 saturated carbocycles. The Labute approximate surface area is 315 Å². The van der Waals surface area contributed by atoms with E-state index < -0.39 is 0 Å². The van der Waals surface area contributed by atoms with Gasteiger partial charge in [-0.3, -0.25) is 0 Å². The van der Waals surface area contributed by atoms with Crippen molar-refractivity contribution in [2.75, 3.05) is 0 Å². The molecule has 0 saturated heterocycles. The zero-order chi connectivity index (χ0) is 36.0. The molecule has 254 valence electrons. The molecule has 0 N–H and O–H groups in total. The van der Waals surface area contributed by atoms with Crippen molar-refractivity contribution < 1.29 is 4.42 Å². The third kappa shape index (κ3) is 4.55. The van der Waals surface area contributed by atoms with Gasteiger partial charge in [-0.25, -0.2) is 15.0 Å². The molecule has 0 unspecified atom stereocenters. The average molecular weight is 700 g/mol. The molecule has 0 aliphatic rings. The predicted octanol–water partition coefficient (Wildman–Crippen LogP) is 13.7. The fourth-order valence-corrected chi connectivity index (χ4v) is 8.68. The summed E-state index contributed by atoms with van der Waals surface area (Å²) in [5.74, 6) is 1.84. The molecule has 12 rings (SSSR count).